The highest BCUT2D eigenvalue weighted by molar-refractivity contribution is 7.80. The minimum atomic E-state index is -2.38. The second kappa shape index (κ2) is 12.8. The molecule has 0 bridgehead atoms. The SMILES string of the molecule is CCc1csc([C@H](Cc2ccc(NS(=O)[O-])cc2)NC(=O)C(Cc2ccccc2)c2cccc(C)c2)n1. The van der Waals surface area contributed by atoms with Crippen LogP contribution in [-0.2, 0) is 35.3 Å². The van der Waals surface area contributed by atoms with Crippen molar-refractivity contribution in [1.29, 1.82) is 0 Å². The van der Waals surface area contributed by atoms with E-state index < -0.39 is 11.3 Å². The van der Waals surface area contributed by atoms with Crippen LogP contribution in [0, 0.1) is 6.92 Å². The highest BCUT2D eigenvalue weighted by atomic mass is 32.2. The van der Waals surface area contributed by atoms with Crippen molar-refractivity contribution < 1.29 is 13.6 Å². The molecule has 1 amide bonds. The van der Waals surface area contributed by atoms with E-state index in [2.05, 4.69) is 23.0 Å². The van der Waals surface area contributed by atoms with E-state index in [0.717, 1.165) is 39.4 Å². The van der Waals surface area contributed by atoms with Gasteiger partial charge in [0.15, 0.2) is 0 Å². The molecule has 3 aromatic carbocycles. The molecule has 3 atom stereocenters. The Hall–Kier alpha value is -3.33. The number of anilines is 1. The molecule has 8 heteroatoms. The Labute approximate surface area is 224 Å². The summed E-state index contributed by atoms with van der Waals surface area (Å²) in [4.78, 5) is 18.6. The number of nitrogens with one attached hydrogen (secondary N) is 2. The van der Waals surface area contributed by atoms with Gasteiger partial charge in [-0.2, -0.15) is 0 Å². The Balaban J connectivity index is 1.61. The zero-order chi connectivity index (χ0) is 26.2. The molecule has 0 spiro atoms. The van der Waals surface area contributed by atoms with Crippen molar-refractivity contribution in [2.75, 3.05) is 4.72 Å². The molecule has 0 aliphatic carbocycles. The zero-order valence-electron chi connectivity index (χ0n) is 20.8. The summed E-state index contributed by atoms with van der Waals surface area (Å²) in [5.41, 5.74) is 5.64. The number of hydrogen-bond acceptors (Lipinski definition) is 5. The number of carbonyl (C=O) groups is 1. The summed E-state index contributed by atoms with van der Waals surface area (Å²) in [6.45, 7) is 4.10. The molecule has 6 nitrogen and oxygen atoms in total. The molecule has 0 saturated heterocycles. The van der Waals surface area contributed by atoms with Crippen LogP contribution in [0.1, 0.15) is 51.8 Å². The van der Waals surface area contributed by atoms with E-state index in [1.807, 2.05) is 73.0 Å². The number of amides is 1. The van der Waals surface area contributed by atoms with Crippen LogP contribution in [0.3, 0.4) is 0 Å². The zero-order valence-corrected chi connectivity index (χ0v) is 22.5. The van der Waals surface area contributed by atoms with Gasteiger partial charge in [-0.15, -0.1) is 11.3 Å². The molecule has 0 radical (unpaired) electrons. The van der Waals surface area contributed by atoms with Gasteiger partial charge in [-0.3, -0.25) is 9.00 Å². The van der Waals surface area contributed by atoms with E-state index in [4.69, 9.17) is 4.98 Å². The Morgan fingerprint density at radius 2 is 1.73 bits per heavy atom. The van der Waals surface area contributed by atoms with Crippen LogP contribution in [0.25, 0.3) is 0 Å². The lowest BCUT2D eigenvalue weighted by Gasteiger charge is -2.23. The fourth-order valence-electron chi connectivity index (χ4n) is 4.26. The number of benzene rings is 3. The molecule has 1 heterocycles. The van der Waals surface area contributed by atoms with Crippen LogP contribution >= 0.6 is 11.3 Å². The molecule has 192 valence electrons. The smallest absolute Gasteiger partial charge is 0.228 e. The van der Waals surface area contributed by atoms with Crippen molar-refractivity contribution in [1.82, 2.24) is 10.3 Å². The van der Waals surface area contributed by atoms with Gasteiger partial charge in [0.1, 0.15) is 5.01 Å². The molecule has 1 aromatic heterocycles. The number of nitrogens with zero attached hydrogens (tertiary/aromatic N) is 1. The Morgan fingerprint density at radius 1 is 1.00 bits per heavy atom. The third-order valence-corrected chi connectivity index (χ3v) is 7.59. The summed E-state index contributed by atoms with van der Waals surface area (Å²) < 4.78 is 24.2. The molecular formula is C29H30N3O3S2-. The summed E-state index contributed by atoms with van der Waals surface area (Å²) in [7, 11) is 0. The molecule has 0 aliphatic rings. The van der Waals surface area contributed by atoms with Gasteiger partial charge in [0.25, 0.3) is 0 Å². The number of hydrogen-bond donors (Lipinski definition) is 2. The first kappa shape index (κ1) is 26.7. The Kier molecular flexibility index (Phi) is 9.22. The van der Waals surface area contributed by atoms with Gasteiger partial charge in [0.05, 0.1) is 17.7 Å². The van der Waals surface area contributed by atoms with Gasteiger partial charge in [-0.1, -0.05) is 79.2 Å². The van der Waals surface area contributed by atoms with E-state index in [0.29, 0.717) is 18.5 Å². The normalized spacial score (nSPS) is 13.5. The van der Waals surface area contributed by atoms with Crippen molar-refractivity contribution in [3.63, 3.8) is 0 Å². The molecule has 4 rings (SSSR count). The standard InChI is InChI=1S/C29H31N3O3S2/c1-3-24-19-36-29(30-24)27(18-22-12-14-25(15-13-22)32-37(34)35)31-28(33)26(17-21-9-5-4-6-10-21)23-11-7-8-20(2)16-23/h4-16,19,26-27,32H,3,17-18H2,1-2H3,(H,31,33)(H,34,35)/p-1/t26?,27-/m0/s1. The van der Waals surface area contributed by atoms with Crippen LogP contribution < -0.4 is 10.0 Å². The first-order valence-corrected chi connectivity index (χ1v) is 14.2. The number of aryl methyl sites for hydroxylation is 2. The second-order valence-electron chi connectivity index (χ2n) is 8.99. The predicted molar refractivity (Wildman–Crippen MR) is 149 cm³/mol. The van der Waals surface area contributed by atoms with E-state index in [9.17, 15) is 13.6 Å². The topological polar surface area (TPSA) is 94.1 Å². The average molecular weight is 533 g/mol. The van der Waals surface area contributed by atoms with Crippen LogP contribution in [-0.4, -0.2) is 19.7 Å². The van der Waals surface area contributed by atoms with Gasteiger partial charge < -0.3 is 14.6 Å². The maximum Gasteiger partial charge on any atom is 0.228 e. The Morgan fingerprint density at radius 3 is 2.38 bits per heavy atom. The fraction of sp³-hybridized carbons (Fsp3) is 0.241. The number of rotatable bonds is 11. The summed E-state index contributed by atoms with van der Waals surface area (Å²) in [6.07, 6.45) is 1.95. The molecule has 37 heavy (non-hydrogen) atoms. The molecule has 0 fully saturated rings. The molecule has 4 aromatic rings. The van der Waals surface area contributed by atoms with E-state index in [-0.39, 0.29) is 17.9 Å². The van der Waals surface area contributed by atoms with Crippen LogP contribution in [0.4, 0.5) is 5.69 Å². The largest absolute Gasteiger partial charge is 0.755 e. The van der Waals surface area contributed by atoms with Gasteiger partial charge in [0.2, 0.25) is 5.91 Å². The molecule has 2 unspecified atom stereocenters. The summed E-state index contributed by atoms with van der Waals surface area (Å²) in [5.74, 6) is -0.401. The van der Waals surface area contributed by atoms with Crippen molar-refractivity contribution in [3.05, 3.63) is 117 Å². The number of carbonyl (C=O) groups excluding carboxylic acids is 1. The monoisotopic (exact) mass is 532 g/mol. The third kappa shape index (κ3) is 7.58. The lowest BCUT2D eigenvalue weighted by molar-refractivity contribution is -0.123. The third-order valence-electron chi connectivity index (χ3n) is 6.18. The highest BCUT2D eigenvalue weighted by Gasteiger charge is 2.26. The van der Waals surface area contributed by atoms with Crippen molar-refractivity contribution >= 4 is 34.2 Å². The van der Waals surface area contributed by atoms with E-state index >= 15 is 0 Å². The van der Waals surface area contributed by atoms with Gasteiger partial charge in [-0.05, 0) is 55.0 Å². The minimum absolute atomic E-state index is 0.0484. The van der Waals surface area contributed by atoms with Crippen LogP contribution in [0.5, 0.6) is 0 Å². The summed E-state index contributed by atoms with van der Waals surface area (Å²) >= 11 is -0.828. The highest BCUT2D eigenvalue weighted by Crippen LogP contribution is 2.27. The Bertz CT molecular complexity index is 1340. The molecule has 0 aliphatic heterocycles. The average Bonchev–Trinajstić information content (AvgIpc) is 3.38. The minimum Gasteiger partial charge on any atom is -0.755 e. The second-order valence-corrected chi connectivity index (χ2v) is 10.5. The number of thiazole rings is 1. The summed E-state index contributed by atoms with van der Waals surface area (Å²) in [5, 5.41) is 6.19. The first-order chi connectivity index (χ1) is 17.9. The lowest BCUT2D eigenvalue weighted by Crippen LogP contribution is -2.35. The van der Waals surface area contributed by atoms with Crippen molar-refractivity contribution in [3.8, 4) is 0 Å². The predicted octanol–water partition coefficient (Wildman–Crippen LogP) is 5.65. The van der Waals surface area contributed by atoms with Crippen molar-refractivity contribution in [2.45, 2.75) is 45.1 Å². The summed E-state index contributed by atoms with van der Waals surface area (Å²) in [6, 6.07) is 25.0. The quantitative estimate of drug-likeness (QED) is 0.244. The lowest BCUT2D eigenvalue weighted by atomic mass is 9.90. The first-order valence-electron chi connectivity index (χ1n) is 12.2. The maximum absolute atomic E-state index is 13.9. The molecule has 0 saturated carbocycles. The van der Waals surface area contributed by atoms with Gasteiger partial charge >= 0.3 is 0 Å². The van der Waals surface area contributed by atoms with Crippen LogP contribution in [0.2, 0.25) is 0 Å². The van der Waals surface area contributed by atoms with Crippen molar-refractivity contribution in [2.24, 2.45) is 0 Å². The maximum atomic E-state index is 13.9. The number of aromatic nitrogens is 1. The molecular weight excluding hydrogens is 502 g/mol. The fourth-order valence-corrected chi connectivity index (χ4v) is 5.54. The van der Waals surface area contributed by atoms with Gasteiger partial charge in [-0.25, -0.2) is 4.98 Å². The molecule has 2 N–H and O–H groups in total. The van der Waals surface area contributed by atoms with E-state index in [1.54, 1.807) is 23.5 Å². The van der Waals surface area contributed by atoms with Gasteiger partial charge in [0, 0.05) is 22.3 Å². The van der Waals surface area contributed by atoms with Crippen LogP contribution in [0.15, 0.2) is 84.2 Å². The van der Waals surface area contributed by atoms with E-state index in [1.165, 1.54) is 0 Å².